The summed E-state index contributed by atoms with van der Waals surface area (Å²) in [5.41, 5.74) is -0.0848. The Kier molecular flexibility index (Phi) is 3.62. The fourth-order valence-corrected chi connectivity index (χ4v) is 1.55. The van der Waals surface area contributed by atoms with Gasteiger partial charge in [0.1, 0.15) is 5.75 Å². The van der Waals surface area contributed by atoms with E-state index in [1.165, 1.54) is 6.07 Å². The molecule has 0 bridgehead atoms. The van der Waals surface area contributed by atoms with Crippen LogP contribution in [0, 0.1) is 0 Å². The van der Waals surface area contributed by atoms with Crippen molar-refractivity contribution in [1.82, 2.24) is 0 Å². The van der Waals surface area contributed by atoms with Gasteiger partial charge in [0, 0.05) is 4.47 Å². The van der Waals surface area contributed by atoms with Gasteiger partial charge >= 0.3 is 6.36 Å². The lowest BCUT2D eigenvalue weighted by Crippen LogP contribution is -2.17. The number of alkyl halides is 3. The zero-order valence-electron chi connectivity index (χ0n) is 6.94. The van der Waals surface area contributed by atoms with Gasteiger partial charge in [-0.2, -0.15) is 0 Å². The predicted octanol–water partition coefficient (Wildman–Crippen LogP) is 3.73. The topological polar surface area (TPSA) is 26.3 Å². The first-order chi connectivity index (χ1) is 6.79. The molecule has 0 N–H and O–H groups in total. The van der Waals surface area contributed by atoms with Crippen molar-refractivity contribution in [1.29, 1.82) is 0 Å². The van der Waals surface area contributed by atoms with Gasteiger partial charge < -0.3 is 4.74 Å². The van der Waals surface area contributed by atoms with Gasteiger partial charge in [-0.05, 0) is 45.7 Å². The average Bonchev–Trinajstić information content (AvgIpc) is 2.05. The molecule has 82 valence electrons. The van der Waals surface area contributed by atoms with E-state index in [1.54, 1.807) is 0 Å². The minimum Gasteiger partial charge on any atom is -0.406 e. The van der Waals surface area contributed by atoms with Crippen LogP contribution in [0.4, 0.5) is 13.2 Å². The van der Waals surface area contributed by atoms with E-state index in [-0.39, 0.29) is 5.56 Å². The molecular weight excluding hydrogens is 300 g/mol. The minimum atomic E-state index is -4.79. The highest BCUT2D eigenvalue weighted by Gasteiger charge is 2.31. The van der Waals surface area contributed by atoms with Crippen LogP contribution >= 0.6 is 27.5 Å². The number of carbonyl (C=O) groups excluding carboxylic acids is 1. The molecular formula is C8H3BrClF3O2. The average molecular weight is 303 g/mol. The first kappa shape index (κ1) is 12.3. The van der Waals surface area contributed by atoms with Crippen molar-refractivity contribution in [2.75, 3.05) is 0 Å². The molecule has 2 nitrogen and oxygen atoms in total. The number of carbonyl (C=O) groups is 1. The molecule has 0 saturated heterocycles. The highest BCUT2D eigenvalue weighted by atomic mass is 79.9. The van der Waals surface area contributed by atoms with Crippen LogP contribution in [-0.4, -0.2) is 11.6 Å². The Balaban J connectivity index is 3.03. The van der Waals surface area contributed by atoms with Crippen molar-refractivity contribution in [2.45, 2.75) is 6.36 Å². The maximum absolute atomic E-state index is 11.8. The summed E-state index contributed by atoms with van der Waals surface area (Å²) >= 11 is 8.11. The van der Waals surface area contributed by atoms with Crippen LogP contribution in [0.5, 0.6) is 5.75 Å². The molecule has 0 saturated carbocycles. The summed E-state index contributed by atoms with van der Waals surface area (Å²) in [6, 6.07) is 3.23. The maximum atomic E-state index is 11.8. The van der Waals surface area contributed by atoms with Crippen LogP contribution in [0.3, 0.4) is 0 Å². The zero-order valence-corrected chi connectivity index (χ0v) is 9.28. The van der Waals surface area contributed by atoms with Crippen LogP contribution in [0.1, 0.15) is 10.4 Å². The highest BCUT2D eigenvalue weighted by Crippen LogP contribution is 2.28. The fourth-order valence-electron chi connectivity index (χ4n) is 0.852. The Labute approximate surface area is 96.1 Å². The fraction of sp³-hybridized carbons (Fsp3) is 0.125. The van der Waals surface area contributed by atoms with E-state index in [2.05, 4.69) is 20.7 Å². The van der Waals surface area contributed by atoms with Crippen LogP contribution in [0.2, 0.25) is 0 Å². The van der Waals surface area contributed by atoms with E-state index < -0.39 is 17.4 Å². The molecule has 0 fully saturated rings. The van der Waals surface area contributed by atoms with Gasteiger partial charge in [-0.15, -0.1) is 13.2 Å². The van der Waals surface area contributed by atoms with Gasteiger partial charge in [0.2, 0.25) is 0 Å². The lowest BCUT2D eigenvalue weighted by atomic mass is 10.2. The predicted molar refractivity (Wildman–Crippen MR) is 51.0 cm³/mol. The van der Waals surface area contributed by atoms with Crippen molar-refractivity contribution in [3.63, 3.8) is 0 Å². The van der Waals surface area contributed by atoms with Gasteiger partial charge in [0.05, 0.1) is 5.56 Å². The number of ether oxygens (including phenoxy) is 1. The molecule has 0 atom stereocenters. The van der Waals surface area contributed by atoms with Crippen LogP contribution in [-0.2, 0) is 0 Å². The molecule has 0 aliphatic carbocycles. The maximum Gasteiger partial charge on any atom is 0.573 e. The summed E-state index contributed by atoms with van der Waals surface area (Å²) < 4.78 is 39.4. The smallest absolute Gasteiger partial charge is 0.406 e. The number of hydrogen-bond donors (Lipinski definition) is 0. The quantitative estimate of drug-likeness (QED) is 0.778. The summed E-state index contributed by atoms with van der Waals surface area (Å²) in [4.78, 5) is 10.8. The van der Waals surface area contributed by atoms with E-state index in [9.17, 15) is 18.0 Å². The van der Waals surface area contributed by atoms with Crippen molar-refractivity contribution in [3.8, 4) is 5.75 Å². The molecule has 0 amide bonds. The largest absolute Gasteiger partial charge is 0.573 e. The molecule has 0 aromatic heterocycles. The molecule has 0 aliphatic heterocycles. The summed E-state index contributed by atoms with van der Waals surface area (Å²) in [7, 11) is 0. The van der Waals surface area contributed by atoms with Gasteiger partial charge in [-0.3, -0.25) is 4.79 Å². The Hall–Kier alpha value is -0.750. The second-order valence-electron chi connectivity index (χ2n) is 2.46. The van der Waals surface area contributed by atoms with Crippen molar-refractivity contribution >= 4 is 32.8 Å². The second kappa shape index (κ2) is 4.40. The summed E-state index contributed by atoms with van der Waals surface area (Å²) in [6.07, 6.45) is -4.79. The van der Waals surface area contributed by atoms with Crippen molar-refractivity contribution < 1.29 is 22.7 Å². The van der Waals surface area contributed by atoms with Crippen LogP contribution in [0.15, 0.2) is 22.7 Å². The Bertz CT molecular complexity index is 392. The van der Waals surface area contributed by atoms with Crippen molar-refractivity contribution in [2.24, 2.45) is 0 Å². The third kappa shape index (κ3) is 3.71. The molecule has 1 rings (SSSR count). The molecule has 0 heterocycles. The first-order valence-electron chi connectivity index (χ1n) is 3.55. The SMILES string of the molecule is O=C(Cl)c1cc(OC(F)(F)F)ccc1Br. The van der Waals surface area contributed by atoms with E-state index >= 15 is 0 Å². The Morgan fingerprint density at radius 3 is 2.47 bits per heavy atom. The number of benzene rings is 1. The number of halogens is 5. The Morgan fingerprint density at radius 2 is 2.00 bits per heavy atom. The highest BCUT2D eigenvalue weighted by molar-refractivity contribution is 9.10. The van der Waals surface area contributed by atoms with Crippen LogP contribution in [0.25, 0.3) is 0 Å². The Morgan fingerprint density at radius 1 is 1.40 bits per heavy atom. The molecule has 0 radical (unpaired) electrons. The number of rotatable bonds is 2. The standard InChI is InChI=1S/C8H3BrClF3O2/c9-6-2-1-4(15-8(11,12)13)3-5(6)7(10)14/h1-3H. The van der Waals surface area contributed by atoms with E-state index in [0.29, 0.717) is 4.47 Å². The molecule has 0 spiro atoms. The third-order valence-electron chi connectivity index (χ3n) is 1.38. The monoisotopic (exact) mass is 302 g/mol. The molecule has 15 heavy (non-hydrogen) atoms. The lowest BCUT2D eigenvalue weighted by Gasteiger charge is -2.09. The van der Waals surface area contributed by atoms with E-state index in [4.69, 9.17) is 11.6 Å². The number of hydrogen-bond acceptors (Lipinski definition) is 2. The molecule has 1 aromatic rings. The molecule has 0 unspecified atom stereocenters. The summed E-state index contributed by atoms with van der Waals surface area (Å²) in [5, 5.41) is -0.866. The third-order valence-corrected chi connectivity index (χ3v) is 2.28. The van der Waals surface area contributed by atoms with Crippen LogP contribution < -0.4 is 4.74 Å². The van der Waals surface area contributed by atoms with Gasteiger partial charge in [-0.1, -0.05) is 0 Å². The molecule has 0 aliphatic rings. The van der Waals surface area contributed by atoms with Gasteiger partial charge in [0.15, 0.2) is 0 Å². The van der Waals surface area contributed by atoms with Gasteiger partial charge in [-0.25, -0.2) is 0 Å². The summed E-state index contributed by atoms with van der Waals surface area (Å²) in [6.45, 7) is 0. The molecule has 1 aromatic carbocycles. The van der Waals surface area contributed by atoms with E-state index in [1.807, 2.05) is 0 Å². The van der Waals surface area contributed by atoms with Crippen molar-refractivity contribution in [3.05, 3.63) is 28.2 Å². The first-order valence-corrected chi connectivity index (χ1v) is 4.72. The van der Waals surface area contributed by atoms with E-state index in [0.717, 1.165) is 12.1 Å². The minimum absolute atomic E-state index is 0.0848. The zero-order chi connectivity index (χ0) is 11.6. The second-order valence-corrected chi connectivity index (χ2v) is 3.66. The summed E-state index contributed by atoms with van der Waals surface area (Å²) in [5.74, 6) is -0.491. The lowest BCUT2D eigenvalue weighted by molar-refractivity contribution is -0.274. The van der Waals surface area contributed by atoms with Gasteiger partial charge in [0.25, 0.3) is 5.24 Å². The molecule has 7 heteroatoms. The normalized spacial score (nSPS) is 11.3.